The average molecular weight is 363 g/mol. The summed E-state index contributed by atoms with van der Waals surface area (Å²) >= 11 is 0. The van der Waals surface area contributed by atoms with Gasteiger partial charge in [0, 0.05) is 13.0 Å². The van der Waals surface area contributed by atoms with Gasteiger partial charge in [-0.1, -0.05) is 0 Å². The fraction of sp³-hybridized carbons (Fsp3) is 0.500. The molecule has 1 atom stereocenters. The van der Waals surface area contributed by atoms with Crippen molar-refractivity contribution in [2.75, 3.05) is 13.1 Å². The average Bonchev–Trinajstić information content (AvgIpc) is 2.87. The predicted octanol–water partition coefficient (Wildman–Crippen LogP) is -2.25. The maximum atomic E-state index is 11.7. The van der Waals surface area contributed by atoms with Crippen LogP contribution in [0.2, 0.25) is 0 Å². The van der Waals surface area contributed by atoms with Crippen LogP contribution in [-0.4, -0.2) is 72.4 Å². The number of carboxylic acid groups (broad SMARTS) is 1. The summed E-state index contributed by atoms with van der Waals surface area (Å²) in [6.07, 6.45) is -0.956. The minimum Gasteiger partial charge on any atom is -0.465 e. The van der Waals surface area contributed by atoms with Crippen molar-refractivity contribution in [2.24, 2.45) is 0 Å². The number of hydrogen-bond acceptors (Lipinski definition) is 7. The lowest BCUT2D eigenvalue weighted by Crippen LogP contribution is -2.67. The molecule has 14 heteroatoms. The smallest absolute Gasteiger partial charge is 0.405 e. The van der Waals surface area contributed by atoms with Crippen LogP contribution in [0.4, 0.5) is 14.4 Å². The van der Waals surface area contributed by atoms with Gasteiger partial charge in [-0.3, -0.25) is 19.4 Å². The highest BCUT2D eigenvalue weighted by atomic mass is 32.2. The van der Waals surface area contributed by atoms with Crippen molar-refractivity contribution in [2.45, 2.75) is 18.9 Å². The summed E-state index contributed by atoms with van der Waals surface area (Å²) in [6, 6.07) is -3.71. The van der Waals surface area contributed by atoms with Crippen molar-refractivity contribution < 1.29 is 37.5 Å². The summed E-state index contributed by atoms with van der Waals surface area (Å²) in [5, 5.41) is 10.3. The van der Waals surface area contributed by atoms with Crippen LogP contribution in [0.3, 0.4) is 0 Å². The molecular formula is C10H13N5O8S. The highest BCUT2D eigenvalue weighted by Gasteiger charge is 2.43. The van der Waals surface area contributed by atoms with Gasteiger partial charge in [0.1, 0.15) is 6.04 Å². The maximum Gasteiger partial charge on any atom is 0.405 e. The minimum absolute atomic E-state index is 0.0568. The zero-order chi connectivity index (χ0) is 18.1. The van der Waals surface area contributed by atoms with Gasteiger partial charge in [-0.05, 0) is 6.42 Å². The zero-order valence-electron chi connectivity index (χ0n) is 12.0. The number of β-lactam (4-membered cyclic amide) rings is 1. The fourth-order valence-corrected chi connectivity index (χ4v) is 2.83. The molecular weight excluding hydrogens is 350 g/mol. The third kappa shape index (κ3) is 3.70. The van der Waals surface area contributed by atoms with Crippen LogP contribution in [-0.2, 0) is 19.8 Å². The molecule has 24 heavy (non-hydrogen) atoms. The first kappa shape index (κ1) is 17.5. The molecule has 0 aromatic heterocycles. The Morgan fingerprint density at radius 2 is 1.67 bits per heavy atom. The molecule has 4 N–H and O–H groups in total. The van der Waals surface area contributed by atoms with E-state index >= 15 is 0 Å². The number of nitrogens with zero attached hydrogens (tertiary/aromatic N) is 2. The van der Waals surface area contributed by atoms with E-state index in [0.29, 0.717) is 16.2 Å². The first-order valence-electron chi connectivity index (χ1n) is 6.60. The number of rotatable bonds is 3. The molecule has 0 aromatic rings. The Labute approximate surface area is 135 Å². The molecule has 13 nitrogen and oxygen atoms in total. The molecule has 2 aliphatic heterocycles. The van der Waals surface area contributed by atoms with E-state index in [1.54, 1.807) is 0 Å². The Balaban J connectivity index is 1.89. The van der Waals surface area contributed by atoms with Crippen molar-refractivity contribution in [3.05, 3.63) is 0 Å². The second-order valence-electron chi connectivity index (χ2n) is 4.92. The van der Waals surface area contributed by atoms with Crippen molar-refractivity contribution in [3.8, 4) is 0 Å². The Morgan fingerprint density at radius 1 is 1.08 bits per heavy atom. The molecule has 2 rings (SSSR count). The van der Waals surface area contributed by atoms with Crippen LogP contribution in [0.15, 0.2) is 0 Å². The van der Waals surface area contributed by atoms with E-state index in [0.717, 1.165) is 0 Å². The number of carbonyl (C=O) groups is 5. The number of nitrogens with one attached hydrogen (secondary N) is 3. The Bertz CT molecular complexity index is 719. The molecule has 132 valence electrons. The first-order chi connectivity index (χ1) is 11.1. The van der Waals surface area contributed by atoms with E-state index in [4.69, 9.17) is 5.11 Å². The van der Waals surface area contributed by atoms with E-state index in [1.807, 2.05) is 5.32 Å². The molecule has 0 bridgehead atoms. The SMILES string of the molecule is O=C(O)N[C@H]1CN(C(=O)NS(=O)(=O)NC(=O)N2CCCC2=O)C1=O. The van der Waals surface area contributed by atoms with Gasteiger partial charge < -0.3 is 10.4 Å². The van der Waals surface area contributed by atoms with E-state index in [2.05, 4.69) is 0 Å². The highest BCUT2D eigenvalue weighted by molar-refractivity contribution is 7.88. The molecule has 0 saturated carbocycles. The predicted molar refractivity (Wildman–Crippen MR) is 73.6 cm³/mol. The number of amides is 7. The molecule has 2 saturated heterocycles. The van der Waals surface area contributed by atoms with Crippen LogP contribution >= 0.6 is 0 Å². The summed E-state index contributed by atoms with van der Waals surface area (Å²) < 4.78 is 26.3. The largest absolute Gasteiger partial charge is 0.465 e. The van der Waals surface area contributed by atoms with E-state index in [1.165, 1.54) is 9.44 Å². The van der Waals surface area contributed by atoms with Gasteiger partial charge in [-0.25, -0.2) is 23.8 Å². The highest BCUT2D eigenvalue weighted by Crippen LogP contribution is 2.11. The van der Waals surface area contributed by atoms with E-state index in [-0.39, 0.29) is 19.5 Å². The second-order valence-corrected chi connectivity index (χ2v) is 6.33. The van der Waals surface area contributed by atoms with Crippen molar-refractivity contribution >= 4 is 40.2 Å². The van der Waals surface area contributed by atoms with Crippen LogP contribution in [0.1, 0.15) is 12.8 Å². The molecule has 0 unspecified atom stereocenters. The second kappa shape index (κ2) is 6.31. The number of carbonyl (C=O) groups excluding carboxylic acids is 4. The molecule has 0 radical (unpaired) electrons. The molecule has 0 spiro atoms. The van der Waals surface area contributed by atoms with Gasteiger partial charge in [0.05, 0.1) is 6.54 Å². The summed E-state index contributed by atoms with van der Waals surface area (Å²) in [5.74, 6) is -1.49. The van der Waals surface area contributed by atoms with Gasteiger partial charge in [0.25, 0.3) is 5.91 Å². The standard InChI is InChI=1S/C10H13N5O8S/c16-6-2-1-3-14(6)8(18)12-24(22,23)13-9(19)15-4-5(7(15)17)11-10(20)21/h5,11H,1-4H2,(H,12,18)(H,13,19)(H,20,21)/t5-/m0/s1. The molecule has 2 fully saturated rings. The van der Waals surface area contributed by atoms with Gasteiger partial charge in [-0.15, -0.1) is 0 Å². The molecule has 2 heterocycles. The number of likely N-dealkylation sites (tertiary alicyclic amines) is 2. The monoisotopic (exact) mass is 363 g/mol. The Kier molecular flexibility index (Phi) is 4.59. The number of hydrogen-bond donors (Lipinski definition) is 4. The Hall–Kier alpha value is -2.90. The maximum absolute atomic E-state index is 11.7. The van der Waals surface area contributed by atoms with Gasteiger partial charge >= 0.3 is 28.4 Å². The molecule has 0 aliphatic carbocycles. The van der Waals surface area contributed by atoms with Crippen molar-refractivity contribution in [1.82, 2.24) is 24.6 Å². The van der Waals surface area contributed by atoms with E-state index in [9.17, 15) is 32.4 Å². The van der Waals surface area contributed by atoms with Crippen molar-refractivity contribution in [3.63, 3.8) is 0 Å². The summed E-state index contributed by atoms with van der Waals surface area (Å²) in [6.45, 7) is -0.299. The minimum atomic E-state index is -4.65. The first-order valence-corrected chi connectivity index (χ1v) is 8.09. The van der Waals surface area contributed by atoms with Crippen molar-refractivity contribution in [1.29, 1.82) is 0 Å². The van der Waals surface area contributed by atoms with Crippen LogP contribution in [0, 0.1) is 0 Å². The third-order valence-electron chi connectivity index (χ3n) is 3.23. The van der Waals surface area contributed by atoms with Crippen LogP contribution < -0.4 is 14.8 Å². The summed E-state index contributed by atoms with van der Waals surface area (Å²) in [7, 11) is -4.65. The summed E-state index contributed by atoms with van der Waals surface area (Å²) in [5.41, 5.74) is 0. The topological polar surface area (TPSA) is 182 Å². The Morgan fingerprint density at radius 3 is 2.12 bits per heavy atom. The van der Waals surface area contributed by atoms with E-state index < -0.39 is 46.2 Å². The van der Waals surface area contributed by atoms with Gasteiger partial charge in [0.2, 0.25) is 5.91 Å². The molecule has 0 aromatic carbocycles. The third-order valence-corrected chi connectivity index (χ3v) is 4.12. The van der Waals surface area contributed by atoms with Crippen LogP contribution in [0.25, 0.3) is 0 Å². The lowest BCUT2D eigenvalue weighted by Gasteiger charge is -2.35. The number of urea groups is 2. The normalized spacial score (nSPS) is 20.4. The fourth-order valence-electron chi connectivity index (χ4n) is 2.09. The van der Waals surface area contributed by atoms with Gasteiger partial charge in [0.15, 0.2) is 0 Å². The zero-order valence-corrected chi connectivity index (χ0v) is 12.8. The molecule has 2 aliphatic rings. The lowest BCUT2D eigenvalue weighted by molar-refractivity contribution is -0.139. The number of imide groups is 2. The van der Waals surface area contributed by atoms with Crippen LogP contribution in [0.5, 0.6) is 0 Å². The lowest BCUT2D eigenvalue weighted by atomic mass is 10.1. The molecule has 7 amide bonds. The summed E-state index contributed by atoms with van der Waals surface area (Å²) in [4.78, 5) is 57.6. The quantitative estimate of drug-likeness (QED) is 0.405. The van der Waals surface area contributed by atoms with Gasteiger partial charge in [-0.2, -0.15) is 8.42 Å².